The minimum Gasteiger partial charge on any atom is -0.504 e. The number of hydrogen-bond donors (Lipinski definition) is 8. The molecule has 0 saturated carbocycles. The van der Waals surface area contributed by atoms with Crippen molar-refractivity contribution in [1.29, 1.82) is 0 Å². The van der Waals surface area contributed by atoms with Crippen LogP contribution in [0.4, 0.5) is 0 Å². The van der Waals surface area contributed by atoms with Crippen LogP contribution in [0, 0.1) is 0 Å². The zero-order valence-corrected chi connectivity index (χ0v) is 14.3. The van der Waals surface area contributed by atoms with Crippen LogP contribution in [-0.2, 0) is 22.4 Å². The molecule has 0 spiro atoms. The Kier molecular flexibility index (Phi) is 5.95. The normalized spacial score (nSPS) is 18.9. The Morgan fingerprint density at radius 2 is 1.11 bits per heavy atom. The molecule has 0 amide bonds. The van der Waals surface area contributed by atoms with Crippen molar-refractivity contribution in [3.63, 3.8) is 0 Å². The van der Waals surface area contributed by atoms with Gasteiger partial charge in [-0.3, -0.25) is 9.59 Å². The van der Waals surface area contributed by atoms with Crippen LogP contribution in [0.5, 0.6) is 23.0 Å². The molecule has 0 aliphatic heterocycles. The quantitative estimate of drug-likeness (QED) is 0.308. The Morgan fingerprint density at radius 3 is 1.36 bits per heavy atom. The van der Waals surface area contributed by atoms with Crippen molar-refractivity contribution >= 4 is 11.9 Å². The molecule has 2 aromatic rings. The number of nitrogens with two attached hydrogens (primary N) is 2. The molecule has 152 valence electrons. The van der Waals surface area contributed by atoms with Gasteiger partial charge in [0.2, 0.25) is 0 Å². The van der Waals surface area contributed by atoms with Crippen LogP contribution in [0.3, 0.4) is 0 Å². The van der Waals surface area contributed by atoms with Gasteiger partial charge in [0.05, 0.1) is 2.74 Å². The van der Waals surface area contributed by atoms with Crippen LogP contribution in [0.25, 0.3) is 0 Å². The maximum absolute atomic E-state index is 10.6. The zero-order valence-electron chi connectivity index (χ0n) is 18.3. The molecule has 4 atom stereocenters. The molecule has 0 saturated heterocycles. The maximum atomic E-state index is 10.6. The van der Waals surface area contributed by atoms with Gasteiger partial charge in [-0.25, -0.2) is 0 Å². The fourth-order valence-corrected chi connectivity index (χ4v) is 1.74. The molecule has 10 nitrogen and oxygen atoms in total. The van der Waals surface area contributed by atoms with Crippen molar-refractivity contribution in [2.75, 3.05) is 0 Å². The summed E-state index contributed by atoms with van der Waals surface area (Å²) >= 11 is 0. The van der Waals surface area contributed by atoms with E-state index in [-0.39, 0.29) is 22.6 Å². The lowest BCUT2D eigenvalue weighted by Gasteiger charge is -2.06. The third-order valence-electron chi connectivity index (χ3n) is 3.14. The molecule has 10 heteroatoms. The molecule has 2 rings (SSSR count). The zero-order chi connectivity index (χ0) is 25.0. The number of hydrogen-bond acceptors (Lipinski definition) is 8. The average Bonchev–Trinajstić information content (AvgIpc) is 2.71. The van der Waals surface area contributed by atoms with Gasteiger partial charge in [-0.2, -0.15) is 0 Å². The summed E-state index contributed by atoms with van der Waals surface area (Å²) in [7, 11) is 0. The summed E-state index contributed by atoms with van der Waals surface area (Å²) in [5.74, 6) is -5.04. The lowest BCUT2D eigenvalue weighted by atomic mass is 10.1. The van der Waals surface area contributed by atoms with Crippen molar-refractivity contribution in [3.05, 3.63) is 47.5 Å². The minimum absolute atomic E-state index is 0.0372. The van der Waals surface area contributed by atoms with E-state index in [9.17, 15) is 19.8 Å². The highest BCUT2D eigenvalue weighted by Gasteiger charge is 2.13. The van der Waals surface area contributed by atoms with E-state index in [2.05, 4.69) is 0 Å². The van der Waals surface area contributed by atoms with Gasteiger partial charge in [0.25, 0.3) is 0 Å². The molecule has 0 radical (unpaired) electrons. The molecule has 0 bridgehead atoms. The van der Waals surface area contributed by atoms with E-state index in [0.29, 0.717) is 0 Å². The largest absolute Gasteiger partial charge is 0.504 e. The van der Waals surface area contributed by atoms with E-state index in [4.69, 9.17) is 37.4 Å². The number of phenolic OH excluding ortho intramolecular Hbond substituents is 4. The van der Waals surface area contributed by atoms with E-state index in [1.165, 1.54) is 12.1 Å². The van der Waals surface area contributed by atoms with Crippen molar-refractivity contribution in [1.82, 2.24) is 0 Å². The third-order valence-corrected chi connectivity index (χ3v) is 3.14. The highest BCUT2D eigenvalue weighted by atomic mass is 16.4. The first-order valence-electron chi connectivity index (χ1n) is 9.61. The van der Waals surface area contributed by atoms with Gasteiger partial charge in [0, 0.05) is 2.74 Å². The number of phenols is 4. The predicted molar refractivity (Wildman–Crippen MR) is 98.2 cm³/mol. The fourth-order valence-electron chi connectivity index (χ4n) is 1.74. The van der Waals surface area contributed by atoms with Gasteiger partial charge in [0.15, 0.2) is 23.0 Å². The van der Waals surface area contributed by atoms with E-state index in [1.54, 1.807) is 0 Å². The second kappa shape index (κ2) is 10.00. The van der Waals surface area contributed by atoms with Gasteiger partial charge < -0.3 is 42.1 Å². The Morgan fingerprint density at radius 1 is 0.786 bits per heavy atom. The molecule has 10 N–H and O–H groups in total. The van der Waals surface area contributed by atoms with Crippen molar-refractivity contribution < 1.29 is 45.7 Å². The second-order valence-corrected chi connectivity index (χ2v) is 5.31. The second-order valence-electron chi connectivity index (χ2n) is 5.31. The van der Waals surface area contributed by atoms with Gasteiger partial charge >= 0.3 is 11.9 Å². The lowest BCUT2D eigenvalue weighted by Crippen LogP contribution is -2.32. The highest BCUT2D eigenvalue weighted by Crippen LogP contribution is 2.26. The van der Waals surface area contributed by atoms with E-state index in [1.807, 2.05) is 0 Å². The van der Waals surface area contributed by atoms with Crippen LogP contribution in [0.1, 0.15) is 16.6 Å². The van der Waals surface area contributed by atoms with Gasteiger partial charge in [0.1, 0.15) is 12.0 Å². The number of carboxylic acid groups (broad SMARTS) is 2. The van der Waals surface area contributed by atoms with Gasteiger partial charge in [-0.15, -0.1) is 0 Å². The molecule has 0 aromatic heterocycles. The van der Waals surface area contributed by atoms with Crippen LogP contribution >= 0.6 is 0 Å². The molecule has 2 aromatic carbocycles. The molecule has 0 aliphatic rings. The summed E-state index contributed by atoms with van der Waals surface area (Å²) in [5.41, 5.74) is 10.4. The van der Waals surface area contributed by atoms with Crippen LogP contribution in [0.2, 0.25) is 0 Å². The lowest BCUT2D eigenvalue weighted by molar-refractivity contribution is -0.139. The third kappa shape index (κ3) is 7.02. The minimum atomic E-state index is -2.51. The maximum Gasteiger partial charge on any atom is 0.320 e. The van der Waals surface area contributed by atoms with Crippen molar-refractivity contribution in [3.8, 4) is 23.0 Å². The predicted octanol–water partition coefficient (Wildman–Crippen LogP) is 0.104. The number of benzene rings is 2. The van der Waals surface area contributed by atoms with Crippen LogP contribution < -0.4 is 11.5 Å². The summed E-state index contributed by atoms with van der Waals surface area (Å²) in [6.07, 6.45) is -3.15. The smallest absolute Gasteiger partial charge is 0.320 e. The first kappa shape index (κ1) is 16.7. The summed E-state index contributed by atoms with van der Waals surface area (Å²) in [6.45, 7) is 0. The fraction of sp³-hybridized carbons (Fsp3) is 0.222. The van der Waals surface area contributed by atoms with E-state index < -0.39 is 48.3 Å². The standard InChI is InChI=1S/2C9H11NO4/c2*10-6(9(13)14)3-5-1-2-7(11)8(12)4-5/h2*1-2,4,6,11-12H,3,10H2,(H,13,14)/t2*6-/m00/s1/i2*3D,6D/t3-,6+;3-,6-/m10. The number of rotatable bonds is 6. The van der Waals surface area contributed by atoms with E-state index >= 15 is 0 Å². The Labute approximate surface area is 165 Å². The summed E-state index contributed by atoms with van der Waals surface area (Å²) < 4.78 is 29.6. The molecule has 0 aliphatic carbocycles. The Bertz CT molecular complexity index is 923. The average molecular weight is 398 g/mol. The number of carbonyl (C=O) groups is 2. The summed E-state index contributed by atoms with van der Waals surface area (Å²) in [5, 5.41) is 53.7. The number of aliphatic carboxylic acids is 2. The highest BCUT2D eigenvalue weighted by molar-refractivity contribution is 5.74. The topological polar surface area (TPSA) is 208 Å². The monoisotopic (exact) mass is 398 g/mol. The SMILES string of the molecule is [2H][C@@H](c1ccc(O)c(O)c1)[C@]([2H])(N)C(=O)O.[2H][C@H](c1ccc(O)c(O)c1)[C@]([2H])(N)C(=O)O. The molecular formula is C18H22N2O8. The van der Waals surface area contributed by atoms with Gasteiger partial charge in [-0.1, -0.05) is 12.1 Å². The summed E-state index contributed by atoms with van der Waals surface area (Å²) in [4.78, 5) is 21.3. The van der Waals surface area contributed by atoms with Crippen molar-refractivity contribution in [2.45, 2.75) is 24.8 Å². The molecule has 0 unspecified atom stereocenters. The first-order chi connectivity index (χ1) is 14.5. The van der Waals surface area contributed by atoms with E-state index in [0.717, 1.165) is 24.3 Å². The Balaban J connectivity index is 0.000000320. The van der Waals surface area contributed by atoms with Crippen molar-refractivity contribution in [2.24, 2.45) is 11.5 Å². The number of aromatic hydroxyl groups is 4. The van der Waals surface area contributed by atoms with Crippen LogP contribution in [-0.4, -0.2) is 54.6 Å². The molecule has 0 heterocycles. The molecule has 28 heavy (non-hydrogen) atoms. The molecule has 0 fully saturated rings. The molecular weight excluding hydrogens is 372 g/mol. The number of carboxylic acids is 2. The Hall–Kier alpha value is -3.50. The first-order valence-corrected chi connectivity index (χ1v) is 7.46. The van der Waals surface area contributed by atoms with Gasteiger partial charge in [-0.05, 0) is 48.2 Å². The summed E-state index contributed by atoms with van der Waals surface area (Å²) in [6, 6.07) is 1.65. The van der Waals surface area contributed by atoms with Crippen LogP contribution in [0.15, 0.2) is 36.4 Å².